The van der Waals surface area contributed by atoms with E-state index in [-0.39, 0.29) is 28.9 Å². The van der Waals surface area contributed by atoms with Crippen LogP contribution in [-0.4, -0.2) is 35.5 Å². The summed E-state index contributed by atoms with van der Waals surface area (Å²) in [6.07, 6.45) is -0.230. The monoisotopic (exact) mass is 280 g/mol. The van der Waals surface area contributed by atoms with Gasteiger partial charge in [0.25, 0.3) is 0 Å². The first kappa shape index (κ1) is 13.1. The molecule has 19 heavy (non-hydrogen) atoms. The molecule has 2 aliphatic rings. The van der Waals surface area contributed by atoms with Gasteiger partial charge in [-0.25, -0.2) is 0 Å². The van der Waals surface area contributed by atoms with Gasteiger partial charge >= 0.3 is 0 Å². The summed E-state index contributed by atoms with van der Waals surface area (Å²) < 4.78 is 17.0. The zero-order chi connectivity index (χ0) is 13.2. The molecule has 4 atom stereocenters. The van der Waals surface area contributed by atoms with Crippen LogP contribution in [0.2, 0.25) is 0 Å². The topological polar surface area (TPSA) is 48.1 Å². The Balaban J connectivity index is 1.49. The molecule has 2 aliphatic heterocycles. The SMILES string of the molecule is CC(=O)S[C@@H]1CO[C@H](OCc2ccccc2)[C@H]2O[C@H]21. The molecule has 3 rings (SSSR count). The number of rotatable bonds is 4. The summed E-state index contributed by atoms with van der Waals surface area (Å²) in [7, 11) is 0. The molecule has 4 nitrogen and oxygen atoms in total. The second-order valence-corrected chi connectivity index (χ2v) is 6.13. The van der Waals surface area contributed by atoms with Gasteiger partial charge in [-0.15, -0.1) is 0 Å². The first-order valence-electron chi connectivity index (χ1n) is 6.34. The van der Waals surface area contributed by atoms with Crippen LogP contribution in [0.3, 0.4) is 0 Å². The van der Waals surface area contributed by atoms with Gasteiger partial charge in [-0.2, -0.15) is 0 Å². The van der Waals surface area contributed by atoms with Crippen molar-refractivity contribution in [3.8, 4) is 0 Å². The van der Waals surface area contributed by atoms with Crippen LogP contribution in [0.1, 0.15) is 12.5 Å². The van der Waals surface area contributed by atoms with Crippen LogP contribution in [0.4, 0.5) is 0 Å². The second-order valence-electron chi connectivity index (χ2n) is 4.71. The third-order valence-electron chi connectivity index (χ3n) is 3.20. The number of fused-ring (bicyclic) bond motifs is 1. The van der Waals surface area contributed by atoms with Crippen LogP contribution in [-0.2, 0) is 25.6 Å². The van der Waals surface area contributed by atoms with Crippen LogP contribution in [0.15, 0.2) is 30.3 Å². The smallest absolute Gasteiger partial charge is 0.186 e. The van der Waals surface area contributed by atoms with E-state index in [9.17, 15) is 4.79 Å². The minimum atomic E-state index is -0.311. The molecule has 0 N–H and O–H groups in total. The highest BCUT2D eigenvalue weighted by molar-refractivity contribution is 8.14. The molecular formula is C14H16O4S. The number of thioether (sulfide) groups is 1. The fourth-order valence-electron chi connectivity index (χ4n) is 2.24. The third kappa shape index (κ3) is 3.17. The Kier molecular flexibility index (Phi) is 3.88. The normalized spacial score (nSPS) is 32.7. The van der Waals surface area contributed by atoms with Crippen molar-refractivity contribution in [3.05, 3.63) is 35.9 Å². The van der Waals surface area contributed by atoms with Gasteiger partial charge < -0.3 is 14.2 Å². The molecule has 0 saturated carbocycles. The van der Waals surface area contributed by atoms with E-state index in [4.69, 9.17) is 14.2 Å². The molecule has 2 fully saturated rings. The summed E-state index contributed by atoms with van der Waals surface area (Å²) in [5.74, 6) is 0. The minimum absolute atomic E-state index is 0.0192. The van der Waals surface area contributed by atoms with Gasteiger partial charge in [-0.3, -0.25) is 4.79 Å². The quantitative estimate of drug-likeness (QED) is 0.789. The van der Waals surface area contributed by atoms with Crippen molar-refractivity contribution in [2.24, 2.45) is 0 Å². The molecule has 1 aromatic carbocycles. The molecule has 0 amide bonds. The van der Waals surface area contributed by atoms with Gasteiger partial charge in [0, 0.05) is 6.92 Å². The van der Waals surface area contributed by atoms with E-state index in [1.54, 1.807) is 6.92 Å². The molecule has 2 heterocycles. The number of epoxide rings is 1. The molecule has 0 aliphatic carbocycles. The van der Waals surface area contributed by atoms with E-state index in [0.717, 1.165) is 5.56 Å². The van der Waals surface area contributed by atoms with E-state index < -0.39 is 0 Å². The first-order chi connectivity index (χ1) is 9.24. The Hall–Kier alpha value is -0.880. The van der Waals surface area contributed by atoms with E-state index >= 15 is 0 Å². The fourth-order valence-corrected chi connectivity index (χ4v) is 3.17. The number of carbonyl (C=O) groups excluding carboxylic acids is 1. The maximum absolute atomic E-state index is 11.1. The Morgan fingerprint density at radius 1 is 1.37 bits per heavy atom. The number of benzene rings is 1. The van der Waals surface area contributed by atoms with Crippen LogP contribution >= 0.6 is 11.8 Å². The standard InChI is InChI=1S/C14H16O4S/c1-9(15)19-11-8-17-14(13-12(11)18-13)16-7-10-5-3-2-4-6-10/h2-6,11-14H,7-8H2,1H3/t11-,12+,13+,14+/m1/s1. The molecule has 0 spiro atoms. The lowest BCUT2D eigenvalue weighted by atomic mass is 10.2. The second kappa shape index (κ2) is 5.63. The van der Waals surface area contributed by atoms with Crippen molar-refractivity contribution < 1.29 is 19.0 Å². The zero-order valence-electron chi connectivity index (χ0n) is 10.7. The Labute approximate surface area is 116 Å². The summed E-state index contributed by atoms with van der Waals surface area (Å²) in [4.78, 5) is 11.1. The molecule has 0 bridgehead atoms. The molecule has 2 saturated heterocycles. The maximum atomic E-state index is 11.1. The number of ether oxygens (including phenoxy) is 3. The first-order valence-corrected chi connectivity index (χ1v) is 7.22. The van der Waals surface area contributed by atoms with Crippen molar-refractivity contribution in [3.63, 3.8) is 0 Å². The van der Waals surface area contributed by atoms with Crippen LogP contribution in [0, 0.1) is 0 Å². The predicted octanol–water partition coefficient (Wildman–Crippen LogP) is 1.98. The number of hydrogen-bond acceptors (Lipinski definition) is 5. The van der Waals surface area contributed by atoms with Gasteiger partial charge in [-0.05, 0) is 5.56 Å². The van der Waals surface area contributed by atoms with E-state index in [1.807, 2.05) is 30.3 Å². The van der Waals surface area contributed by atoms with Gasteiger partial charge in [0.05, 0.1) is 18.5 Å². The highest BCUT2D eigenvalue weighted by atomic mass is 32.2. The Bertz CT molecular complexity index is 450. The van der Waals surface area contributed by atoms with Crippen molar-refractivity contribution >= 4 is 16.9 Å². The Morgan fingerprint density at radius 2 is 2.16 bits per heavy atom. The summed E-state index contributed by atoms with van der Waals surface area (Å²) in [6.45, 7) is 2.59. The predicted molar refractivity (Wildman–Crippen MR) is 71.7 cm³/mol. The molecule has 5 heteroatoms. The van der Waals surface area contributed by atoms with Crippen molar-refractivity contribution in [1.82, 2.24) is 0 Å². The number of hydrogen-bond donors (Lipinski definition) is 0. The van der Waals surface area contributed by atoms with Crippen LogP contribution in [0.5, 0.6) is 0 Å². The van der Waals surface area contributed by atoms with Crippen LogP contribution in [0.25, 0.3) is 0 Å². The largest absolute Gasteiger partial charge is 0.363 e. The van der Waals surface area contributed by atoms with Crippen LogP contribution < -0.4 is 0 Å². The third-order valence-corrected chi connectivity index (χ3v) is 4.23. The Morgan fingerprint density at radius 3 is 2.89 bits per heavy atom. The number of carbonyl (C=O) groups is 1. The molecular weight excluding hydrogens is 264 g/mol. The maximum Gasteiger partial charge on any atom is 0.186 e. The minimum Gasteiger partial charge on any atom is -0.363 e. The lowest BCUT2D eigenvalue weighted by Gasteiger charge is -2.24. The molecule has 0 radical (unpaired) electrons. The van der Waals surface area contributed by atoms with E-state index in [2.05, 4.69) is 0 Å². The van der Waals surface area contributed by atoms with Crippen molar-refractivity contribution in [2.45, 2.75) is 37.3 Å². The summed E-state index contributed by atoms with van der Waals surface area (Å²) in [5, 5.41) is 0.213. The average Bonchev–Trinajstić information content (AvgIpc) is 3.19. The highest BCUT2D eigenvalue weighted by Crippen LogP contribution is 2.40. The highest BCUT2D eigenvalue weighted by Gasteiger charge is 2.55. The zero-order valence-corrected chi connectivity index (χ0v) is 11.5. The summed E-state index contributed by atoms with van der Waals surface area (Å²) in [6, 6.07) is 9.97. The van der Waals surface area contributed by atoms with Gasteiger partial charge in [0.15, 0.2) is 11.4 Å². The van der Waals surface area contributed by atoms with Crippen molar-refractivity contribution in [2.75, 3.05) is 6.61 Å². The fraction of sp³-hybridized carbons (Fsp3) is 0.500. The lowest BCUT2D eigenvalue weighted by molar-refractivity contribution is -0.164. The molecule has 102 valence electrons. The lowest BCUT2D eigenvalue weighted by Crippen LogP contribution is -2.37. The van der Waals surface area contributed by atoms with Gasteiger partial charge in [0.2, 0.25) is 0 Å². The molecule has 0 aromatic heterocycles. The summed E-state index contributed by atoms with van der Waals surface area (Å²) in [5.41, 5.74) is 1.11. The average molecular weight is 280 g/mol. The van der Waals surface area contributed by atoms with Gasteiger partial charge in [-0.1, -0.05) is 42.1 Å². The summed E-state index contributed by atoms with van der Waals surface area (Å²) >= 11 is 1.30. The van der Waals surface area contributed by atoms with E-state index in [1.165, 1.54) is 11.8 Å². The van der Waals surface area contributed by atoms with E-state index in [0.29, 0.717) is 13.2 Å². The molecule has 1 aromatic rings. The molecule has 0 unspecified atom stereocenters. The van der Waals surface area contributed by atoms with Crippen molar-refractivity contribution in [1.29, 1.82) is 0 Å². The van der Waals surface area contributed by atoms with Gasteiger partial charge in [0.1, 0.15) is 12.2 Å².